The molecule has 3 rings (SSSR count). The van der Waals surface area contributed by atoms with E-state index in [-0.39, 0.29) is 30.3 Å². The van der Waals surface area contributed by atoms with E-state index in [4.69, 9.17) is 0 Å². The third-order valence-corrected chi connectivity index (χ3v) is 5.28. The minimum absolute atomic E-state index is 0.0590. The van der Waals surface area contributed by atoms with E-state index in [1.807, 2.05) is 42.2 Å². The number of piperazine rings is 1. The molecule has 0 aromatic heterocycles. The van der Waals surface area contributed by atoms with E-state index in [0.717, 1.165) is 5.56 Å². The van der Waals surface area contributed by atoms with Crippen molar-refractivity contribution in [1.29, 1.82) is 0 Å². The van der Waals surface area contributed by atoms with Crippen LogP contribution in [-0.2, 0) is 9.59 Å². The molecule has 7 nitrogen and oxygen atoms in total. The summed E-state index contributed by atoms with van der Waals surface area (Å²) in [4.78, 5) is 40.6. The molecule has 2 N–H and O–H groups in total. The van der Waals surface area contributed by atoms with Gasteiger partial charge < -0.3 is 15.5 Å². The average Bonchev–Trinajstić information content (AvgIpc) is 2.75. The Morgan fingerprint density at radius 3 is 2.23 bits per heavy atom. The highest BCUT2D eigenvalue weighted by Crippen LogP contribution is 2.18. The van der Waals surface area contributed by atoms with Gasteiger partial charge in [-0.2, -0.15) is 0 Å². The molecule has 1 aliphatic rings. The van der Waals surface area contributed by atoms with Crippen LogP contribution in [0.4, 0.5) is 5.69 Å². The van der Waals surface area contributed by atoms with Crippen molar-refractivity contribution in [1.82, 2.24) is 15.1 Å². The first kappa shape index (κ1) is 21.5. The molecule has 0 bridgehead atoms. The van der Waals surface area contributed by atoms with Gasteiger partial charge in [-0.15, -0.1) is 0 Å². The topological polar surface area (TPSA) is 81.8 Å². The summed E-state index contributed by atoms with van der Waals surface area (Å²) < 4.78 is 0. The third-order valence-electron chi connectivity index (χ3n) is 5.28. The molecule has 30 heavy (non-hydrogen) atoms. The van der Waals surface area contributed by atoms with Gasteiger partial charge in [0.25, 0.3) is 5.91 Å². The van der Waals surface area contributed by atoms with Crippen molar-refractivity contribution in [3.63, 3.8) is 0 Å². The lowest BCUT2D eigenvalue weighted by atomic mass is 10.1. The lowest BCUT2D eigenvalue weighted by Crippen LogP contribution is -2.49. The lowest BCUT2D eigenvalue weighted by molar-refractivity contribution is -0.130. The second-order valence-corrected chi connectivity index (χ2v) is 7.48. The number of hydrogen-bond donors (Lipinski definition) is 2. The van der Waals surface area contributed by atoms with Gasteiger partial charge in [0.2, 0.25) is 11.8 Å². The van der Waals surface area contributed by atoms with Gasteiger partial charge in [-0.05, 0) is 24.6 Å². The highest BCUT2D eigenvalue weighted by molar-refractivity contribution is 6.04. The SMILES string of the molecule is CC(=O)N1CCN(CC(=O)Nc2ccccc2C(=O)N[C@@H](C)c2ccccc2)CC1. The van der Waals surface area contributed by atoms with Crippen molar-refractivity contribution < 1.29 is 14.4 Å². The van der Waals surface area contributed by atoms with E-state index < -0.39 is 0 Å². The summed E-state index contributed by atoms with van der Waals surface area (Å²) in [5, 5.41) is 5.85. The van der Waals surface area contributed by atoms with Crippen molar-refractivity contribution in [2.24, 2.45) is 0 Å². The molecule has 2 aromatic carbocycles. The summed E-state index contributed by atoms with van der Waals surface area (Å²) in [5.74, 6) is -0.358. The van der Waals surface area contributed by atoms with Crippen LogP contribution in [0.25, 0.3) is 0 Å². The van der Waals surface area contributed by atoms with Crippen LogP contribution in [0.15, 0.2) is 54.6 Å². The van der Waals surface area contributed by atoms with Crippen LogP contribution in [0.2, 0.25) is 0 Å². The normalized spacial score (nSPS) is 15.3. The summed E-state index contributed by atoms with van der Waals surface area (Å²) in [6, 6.07) is 16.6. The number of nitrogens with zero attached hydrogens (tertiary/aromatic N) is 2. The summed E-state index contributed by atoms with van der Waals surface area (Å²) in [6.45, 7) is 6.27. The Bertz CT molecular complexity index is 892. The Labute approximate surface area is 177 Å². The molecule has 0 spiro atoms. The molecule has 3 amide bonds. The van der Waals surface area contributed by atoms with E-state index in [1.54, 1.807) is 36.1 Å². The minimum Gasteiger partial charge on any atom is -0.345 e. The molecule has 1 aliphatic heterocycles. The minimum atomic E-state index is -0.239. The number of carbonyl (C=O) groups excluding carboxylic acids is 3. The van der Waals surface area contributed by atoms with Gasteiger partial charge in [0.05, 0.1) is 23.8 Å². The van der Waals surface area contributed by atoms with Crippen molar-refractivity contribution in [3.8, 4) is 0 Å². The number of amides is 3. The fourth-order valence-corrected chi connectivity index (χ4v) is 3.50. The number of carbonyl (C=O) groups is 3. The maximum atomic E-state index is 12.8. The van der Waals surface area contributed by atoms with Crippen LogP contribution < -0.4 is 10.6 Å². The molecule has 0 saturated carbocycles. The molecule has 2 aromatic rings. The zero-order chi connectivity index (χ0) is 21.5. The first-order chi connectivity index (χ1) is 14.4. The van der Waals surface area contributed by atoms with Crippen LogP contribution in [0.5, 0.6) is 0 Å². The number of benzene rings is 2. The largest absolute Gasteiger partial charge is 0.345 e. The quantitative estimate of drug-likeness (QED) is 0.768. The molecule has 7 heteroatoms. The van der Waals surface area contributed by atoms with Gasteiger partial charge >= 0.3 is 0 Å². The van der Waals surface area contributed by atoms with Crippen LogP contribution in [-0.4, -0.2) is 60.2 Å². The van der Waals surface area contributed by atoms with Gasteiger partial charge in [0.15, 0.2) is 0 Å². The zero-order valence-corrected chi connectivity index (χ0v) is 17.4. The maximum Gasteiger partial charge on any atom is 0.253 e. The van der Waals surface area contributed by atoms with Crippen LogP contribution in [0, 0.1) is 0 Å². The second kappa shape index (κ2) is 10.0. The average molecular weight is 409 g/mol. The number of para-hydroxylation sites is 1. The standard InChI is InChI=1S/C23H28N4O3/c1-17(19-8-4-3-5-9-19)24-23(30)20-10-6-7-11-21(20)25-22(29)16-26-12-14-27(15-13-26)18(2)28/h3-11,17H,12-16H2,1-2H3,(H,24,30)(H,25,29)/t17-/m0/s1. The molecule has 158 valence electrons. The highest BCUT2D eigenvalue weighted by atomic mass is 16.2. The summed E-state index contributed by atoms with van der Waals surface area (Å²) >= 11 is 0. The Balaban J connectivity index is 1.59. The number of rotatable bonds is 6. The molecular formula is C23H28N4O3. The molecule has 1 fully saturated rings. The fourth-order valence-electron chi connectivity index (χ4n) is 3.50. The molecule has 1 atom stereocenters. The molecule has 1 saturated heterocycles. The molecule has 0 radical (unpaired) electrons. The van der Waals surface area contributed by atoms with Crippen molar-refractivity contribution >= 4 is 23.4 Å². The predicted octanol–water partition coefficient (Wildman–Crippen LogP) is 2.28. The van der Waals surface area contributed by atoms with Gasteiger partial charge in [-0.25, -0.2) is 0 Å². The lowest BCUT2D eigenvalue weighted by Gasteiger charge is -2.33. The number of nitrogens with one attached hydrogen (secondary N) is 2. The number of hydrogen-bond acceptors (Lipinski definition) is 4. The molecule has 0 aliphatic carbocycles. The van der Waals surface area contributed by atoms with Gasteiger partial charge in [-0.1, -0.05) is 42.5 Å². The Hall–Kier alpha value is -3.19. The fraction of sp³-hybridized carbons (Fsp3) is 0.348. The van der Waals surface area contributed by atoms with Gasteiger partial charge in [0, 0.05) is 33.1 Å². The smallest absolute Gasteiger partial charge is 0.253 e. The van der Waals surface area contributed by atoms with Crippen LogP contribution in [0.3, 0.4) is 0 Å². The first-order valence-electron chi connectivity index (χ1n) is 10.2. The van der Waals surface area contributed by atoms with Crippen molar-refractivity contribution in [2.45, 2.75) is 19.9 Å². The van der Waals surface area contributed by atoms with E-state index >= 15 is 0 Å². The monoisotopic (exact) mass is 408 g/mol. The number of anilines is 1. The van der Waals surface area contributed by atoms with Crippen molar-refractivity contribution in [2.75, 3.05) is 38.0 Å². The molecule has 0 unspecified atom stereocenters. The summed E-state index contributed by atoms with van der Waals surface area (Å²) in [5.41, 5.74) is 1.93. The molecular weight excluding hydrogens is 380 g/mol. The zero-order valence-electron chi connectivity index (χ0n) is 17.4. The van der Waals surface area contributed by atoms with Gasteiger partial charge in [0.1, 0.15) is 0 Å². The van der Waals surface area contributed by atoms with Gasteiger partial charge in [-0.3, -0.25) is 19.3 Å². The van der Waals surface area contributed by atoms with E-state index in [2.05, 4.69) is 10.6 Å². The third kappa shape index (κ3) is 5.67. The second-order valence-electron chi connectivity index (χ2n) is 7.48. The van der Waals surface area contributed by atoms with E-state index in [9.17, 15) is 14.4 Å². The molecule has 1 heterocycles. The van der Waals surface area contributed by atoms with E-state index in [0.29, 0.717) is 37.4 Å². The van der Waals surface area contributed by atoms with Crippen LogP contribution >= 0.6 is 0 Å². The highest BCUT2D eigenvalue weighted by Gasteiger charge is 2.21. The first-order valence-corrected chi connectivity index (χ1v) is 10.2. The Kier molecular flexibility index (Phi) is 7.19. The van der Waals surface area contributed by atoms with Crippen LogP contribution in [0.1, 0.15) is 35.8 Å². The summed E-state index contributed by atoms with van der Waals surface area (Å²) in [6.07, 6.45) is 0. The Morgan fingerprint density at radius 1 is 0.933 bits per heavy atom. The van der Waals surface area contributed by atoms with E-state index in [1.165, 1.54) is 0 Å². The predicted molar refractivity (Wildman–Crippen MR) is 116 cm³/mol. The maximum absolute atomic E-state index is 12.8. The summed E-state index contributed by atoms with van der Waals surface area (Å²) in [7, 11) is 0. The Morgan fingerprint density at radius 2 is 1.57 bits per heavy atom. The van der Waals surface area contributed by atoms with Crippen molar-refractivity contribution in [3.05, 3.63) is 65.7 Å².